The molecule has 8 nitrogen and oxygen atoms in total. The number of carbonyl (C=O) groups excluding carboxylic acids is 2. The fourth-order valence-electron chi connectivity index (χ4n) is 6.54. The van der Waals surface area contributed by atoms with E-state index >= 15 is 0 Å². The van der Waals surface area contributed by atoms with Crippen molar-refractivity contribution >= 4 is 12.0 Å². The van der Waals surface area contributed by atoms with Gasteiger partial charge in [0, 0.05) is 38.6 Å². The summed E-state index contributed by atoms with van der Waals surface area (Å²) < 4.78 is 5.89. The Morgan fingerprint density at radius 2 is 1.81 bits per heavy atom. The topological polar surface area (TPSA) is 77.2 Å². The lowest BCUT2D eigenvalue weighted by Gasteiger charge is -2.54. The zero-order chi connectivity index (χ0) is 21.5. The molecule has 6 atom stereocenters. The predicted octanol–water partition coefficient (Wildman–Crippen LogP) is 1.91. The van der Waals surface area contributed by atoms with Crippen molar-refractivity contribution in [1.82, 2.24) is 25.6 Å². The third-order valence-corrected chi connectivity index (χ3v) is 8.26. The third-order valence-electron chi connectivity index (χ3n) is 8.26. The maximum absolute atomic E-state index is 13.3. The molecule has 2 saturated carbocycles. The highest BCUT2D eigenvalue weighted by Crippen LogP contribution is 2.41. The second kappa shape index (κ2) is 8.87. The van der Waals surface area contributed by atoms with Crippen molar-refractivity contribution in [1.29, 1.82) is 0 Å². The number of piperazine rings is 1. The molecule has 5 unspecified atom stereocenters. The lowest BCUT2D eigenvalue weighted by Crippen LogP contribution is -2.67. The van der Waals surface area contributed by atoms with Crippen molar-refractivity contribution in [3.63, 3.8) is 0 Å². The lowest BCUT2D eigenvalue weighted by molar-refractivity contribution is -0.142. The highest BCUT2D eigenvalue weighted by molar-refractivity contribution is 5.75. The van der Waals surface area contributed by atoms with Crippen molar-refractivity contribution in [2.24, 2.45) is 11.8 Å². The Labute approximate surface area is 186 Å². The van der Waals surface area contributed by atoms with Crippen LogP contribution in [0.4, 0.5) is 4.79 Å². The van der Waals surface area contributed by atoms with Crippen molar-refractivity contribution < 1.29 is 14.3 Å². The molecule has 2 amide bonds. The number of hydrazine groups is 1. The lowest BCUT2D eigenvalue weighted by atomic mass is 9.73. The van der Waals surface area contributed by atoms with Crippen LogP contribution >= 0.6 is 0 Å². The summed E-state index contributed by atoms with van der Waals surface area (Å²) in [6, 6.07) is 0.934. The Balaban J connectivity index is 1.30. The second-order valence-corrected chi connectivity index (χ2v) is 10.5. The SMILES string of the molecule is CC(=O)N1C2CCC(C3CNN(C4CC4)C3)CC2N(C(=O)OC2CCCCN2)C[C@@H]1C. The first-order chi connectivity index (χ1) is 15.0. The van der Waals surface area contributed by atoms with Gasteiger partial charge in [0.2, 0.25) is 5.91 Å². The number of amides is 2. The van der Waals surface area contributed by atoms with Crippen molar-refractivity contribution in [2.75, 3.05) is 26.2 Å². The van der Waals surface area contributed by atoms with E-state index in [1.165, 1.54) is 12.8 Å². The van der Waals surface area contributed by atoms with Gasteiger partial charge < -0.3 is 14.5 Å². The maximum atomic E-state index is 13.3. The number of hydrogen-bond acceptors (Lipinski definition) is 6. The molecule has 3 aliphatic heterocycles. The standard InChI is InChI=1S/C23H39N5O3/c1-15-13-26(23(30)31-22-5-3-4-10-24-22)21-11-17(6-9-20(21)28(15)16(2)29)18-12-25-27(14-18)19-7-8-19/h15,17-22,24-25H,3-14H2,1-2H3/t15-,17?,18?,20?,21?,22?/m0/s1. The normalized spacial score (nSPS) is 39.3. The molecule has 0 aromatic heterocycles. The van der Waals surface area contributed by atoms with Crippen molar-refractivity contribution in [2.45, 2.75) is 95.6 Å². The Kier molecular flexibility index (Phi) is 6.14. The molecular formula is C23H39N5O3. The first-order valence-electron chi connectivity index (χ1n) is 12.5. The van der Waals surface area contributed by atoms with Crippen LogP contribution in [0.3, 0.4) is 0 Å². The minimum absolute atomic E-state index is 0.0284. The zero-order valence-corrected chi connectivity index (χ0v) is 19.1. The molecular weight excluding hydrogens is 394 g/mol. The molecule has 0 spiro atoms. The fraction of sp³-hybridized carbons (Fsp3) is 0.913. The molecule has 5 aliphatic rings. The Morgan fingerprint density at radius 1 is 0.968 bits per heavy atom. The summed E-state index contributed by atoms with van der Waals surface area (Å²) in [5, 5.41) is 5.77. The summed E-state index contributed by atoms with van der Waals surface area (Å²) in [6.45, 7) is 7.38. The number of piperidine rings is 1. The first-order valence-corrected chi connectivity index (χ1v) is 12.5. The van der Waals surface area contributed by atoms with Crippen molar-refractivity contribution in [3.05, 3.63) is 0 Å². The summed E-state index contributed by atoms with van der Waals surface area (Å²) in [7, 11) is 0. The summed E-state index contributed by atoms with van der Waals surface area (Å²) in [5.74, 6) is 1.35. The molecule has 0 bridgehead atoms. The average Bonchev–Trinajstić information content (AvgIpc) is 3.49. The molecule has 31 heavy (non-hydrogen) atoms. The van der Waals surface area contributed by atoms with Gasteiger partial charge in [0.25, 0.3) is 0 Å². The molecule has 174 valence electrons. The first kappa shape index (κ1) is 21.5. The van der Waals surface area contributed by atoms with Crippen LogP contribution in [0.2, 0.25) is 0 Å². The van der Waals surface area contributed by atoms with Gasteiger partial charge in [-0.05, 0) is 76.7 Å². The largest absolute Gasteiger partial charge is 0.430 e. The molecule has 5 fully saturated rings. The molecule has 2 aliphatic carbocycles. The number of fused-ring (bicyclic) bond motifs is 1. The van der Waals surface area contributed by atoms with Crippen LogP contribution < -0.4 is 10.7 Å². The van der Waals surface area contributed by atoms with E-state index in [-0.39, 0.29) is 36.4 Å². The summed E-state index contributed by atoms with van der Waals surface area (Å²) in [6.07, 6.45) is 8.46. The van der Waals surface area contributed by atoms with E-state index in [2.05, 4.69) is 22.7 Å². The van der Waals surface area contributed by atoms with E-state index in [0.717, 1.165) is 64.2 Å². The molecule has 3 heterocycles. The predicted molar refractivity (Wildman–Crippen MR) is 117 cm³/mol. The average molecular weight is 434 g/mol. The van der Waals surface area contributed by atoms with E-state index in [1.54, 1.807) is 6.92 Å². The number of ether oxygens (including phenoxy) is 1. The van der Waals surface area contributed by atoms with Gasteiger partial charge in [-0.1, -0.05) is 0 Å². The second-order valence-electron chi connectivity index (χ2n) is 10.5. The molecule has 0 aromatic carbocycles. The van der Waals surface area contributed by atoms with Crippen LogP contribution in [0.1, 0.15) is 65.2 Å². The molecule has 3 saturated heterocycles. The number of rotatable bonds is 3. The van der Waals surface area contributed by atoms with Gasteiger partial charge in [-0.3, -0.25) is 15.5 Å². The molecule has 0 radical (unpaired) electrons. The maximum Gasteiger partial charge on any atom is 0.411 e. The van der Waals surface area contributed by atoms with Crippen LogP contribution in [-0.2, 0) is 9.53 Å². The van der Waals surface area contributed by atoms with Crippen LogP contribution in [0.25, 0.3) is 0 Å². The highest BCUT2D eigenvalue weighted by atomic mass is 16.6. The van der Waals surface area contributed by atoms with Gasteiger partial charge in [-0.15, -0.1) is 0 Å². The summed E-state index contributed by atoms with van der Waals surface area (Å²) in [5.41, 5.74) is 3.62. The van der Waals surface area contributed by atoms with E-state index < -0.39 is 0 Å². The monoisotopic (exact) mass is 433 g/mol. The van der Waals surface area contributed by atoms with Gasteiger partial charge in [-0.25, -0.2) is 9.80 Å². The van der Waals surface area contributed by atoms with Gasteiger partial charge in [0.1, 0.15) is 0 Å². The molecule has 2 N–H and O–H groups in total. The summed E-state index contributed by atoms with van der Waals surface area (Å²) in [4.78, 5) is 29.8. The third kappa shape index (κ3) is 4.44. The van der Waals surface area contributed by atoms with E-state index in [4.69, 9.17) is 4.74 Å². The van der Waals surface area contributed by atoms with E-state index in [1.807, 2.05) is 9.80 Å². The summed E-state index contributed by atoms with van der Waals surface area (Å²) >= 11 is 0. The smallest absolute Gasteiger partial charge is 0.411 e. The Bertz CT molecular complexity index is 680. The minimum Gasteiger partial charge on any atom is -0.430 e. The zero-order valence-electron chi connectivity index (χ0n) is 19.1. The number of nitrogens with one attached hydrogen (secondary N) is 2. The highest BCUT2D eigenvalue weighted by Gasteiger charge is 2.49. The number of hydrogen-bond donors (Lipinski definition) is 2. The van der Waals surface area contributed by atoms with Gasteiger partial charge in [-0.2, -0.15) is 0 Å². The van der Waals surface area contributed by atoms with E-state index in [9.17, 15) is 9.59 Å². The van der Waals surface area contributed by atoms with E-state index in [0.29, 0.717) is 18.4 Å². The minimum atomic E-state index is -0.200. The van der Waals surface area contributed by atoms with Gasteiger partial charge in [0.05, 0.1) is 12.1 Å². The van der Waals surface area contributed by atoms with Crippen LogP contribution in [-0.4, -0.2) is 83.4 Å². The molecule has 0 aromatic rings. The molecule has 5 rings (SSSR count). The number of carbonyl (C=O) groups is 2. The molecule has 8 heteroatoms. The number of nitrogens with zero attached hydrogens (tertiary/aromatic N) is 3. The van der Waals surface area contributed by atoms with Crippen molar-refractivity contribution in [3.8, 4) is 0 Å². The van der Waals surface area contributed by atoms with Crippen LogP contribution in [0.5, 0.6) is 0 Å². The van der Waals surface area contributed by atoms with Crippen LogP contribution in [0, 0.1) is 11.8 Å². The van der Waals surface area contributed by atoms with Gasteiger partial charge in [0.15, 0.2) is 6.23 Å². The van der Waals surface area contributed by atoms with Crippen LogP contribution in [0.15, 0.2) is 0 Å². The quantitative estimate of drug-likeness (QED) is 0.708. The Hall–Kier alpha value is -1.38. The fourth-order valence-corrected chi connectivity index (χ4v) is 6.54. The van der Waals surface area contributed by atoms with Gasteiger partial charge >= 0.3 is 6.09 Å². The Morgan fingerprint density at radius 3 is 2.52 bits per heavy atom.